The number of halogens is 3. The van der Waals surface area contributed by atoms with Gasteiger partial charge in [0.2, 0.25) is 0 Å². The zero-order valence-electron chi connectivity index (χ0n) is 12.7. The molecule has 0 spiro atoms. The summed E-state index contributed by atoms with van der Waals surface area (Å²) in [5.41, 5.74) is -1.71. The molecule has 0 aliphatic rings. The molecule has 2 aromatic heterocycles. The minimum atomic E-state index is -1.67. The standard InChI is InChI=1S/C15H12ClF2N5OS/c16-13-3-4-14(22-21-13)25-7-15(24,6-23-9-19-8-20-23)11-2-1-10(17)5-12(11)18/h1-5,8-9,24H,6-7H2. The van der Waals surface area contributed by atoms with Crippen molar-refractivity contribution in [2.24, 2.45) is 0 Å². The average Bonchev–Trinajstić information content (AvgIpc) is 3.07. The van der Waals surface area contributed by atoms with Crippen molar-refractivity contribution in [3.63, 3.8) is 0 Å². The summed E-state index contributed by atoms with van der Waals surface area (Å²) in [6.45, 7) is -0.0659. The molecule has 3 aromatic rings. The maximum Gasteiger partial charge on any atom is 0.151 e. The second-order valence-electron chi connectivity index (χ2n) is 5.23. The quantitative estimate of drug-likeness (QED) is 0.659. The van der Waals surface area contributed by atoms with Gasteiger partial charge in [-0.2, -0.15) is 5.10 Å². The molecule has 2 heterocycles. The summed E-state index contributed by atoms with van der Waals surface area (Å²) in [6, 6.07) is 6.24. The maximum atomic E-state index is 14.3. The van der Waals surface area contributed by atoms with E-state index in [2.05, 4.69) is 20.3 Å². The Bertz CT molecular complexity index is 850. The first kappa shape index (κ1) is 17.7. The van der Waals surface area contributed by atoms with Crippen LogP contribution in [0.3, 0.4) is 0 Å². The van der Waals surface area contributed by atoms with E-state index in [1.54, 1.807) is 12.1 Å². The Kier molecular flexibility index (Phi) is 5.26. The number of nitrogens with zero attached hydrogens (tertiary/aromatic N) is 5. The first-order valence-corrected chi connectivity index (χ1v) is 8.45. The summed E-state index contributed by atoms with van der Waals surface area (Å²) < 4.78 is 28.8. The molecule has 0 aliphatic carbocycles. The molecule has 0 fully saturated rings. The molecule has 1 aromatic carbocycles. The van der Waals surface area contributed by atoms with Gasteiger partial charge in [0.1, 0.15) is 34.9 Å². The average molecular weight is 384 g/mol. The second kappa shape index (κ2) is 7.42. The van der Waals surface area contributed by atoms with Gasteiger partial charge in [0.25, 0.3) is 0 Å². The highest BCUT2D eigenvalue weighted by molar-refractivity contribution is 7.99. The van der Waals surface area contributed by atoms with Gasteiger partial charge in [-0.1, -0.05) is 17.7 Å². The molecule has 0 amide bonds. The van der Waals surface area contributed by atoms with Crippen LogP contribution in [0.1, 0.15) is 5.56 Å². The number of aromatic nitrogens is 5. The minimum Gasteiger partial charge on any atom is -0.382 e. The fourth-order valence-corrected chi connectivity index (χ4v) is 3.23. The third kappa shape index (κ3) is 4.30. The molecule has 0 radical (unpaired) electrons. The summed E-state index contributed by atoms with van der Waals surface area (Å²) in [5.74, 6) is -1.53. The molecule has 1 N–H and O–H groups in total. The Balaban J connectivity index is 1.89. The molecule has 130 valence electrons. The molecule has 1 unspecified atom stereocenters. The SMILES string of the molecule is OC(CSc1ccc(Cl)nn1)(Cn1cncn1)c1ccc(F)cc1F. The van der Waals surface area contributed by atoms with Crippen molar-refractivity contribution < 1.29 is 13.9 Å². The topological polar surface area (TPSA) is 76.7 Å². The summed E-state index contributed by atoms with van der Waals surface area (Å²) >= 11 is 6.85. The van der Waals surface area contributed by atoms with Crippen LogP contribution in [0.25, 0.3) is 0 Å². The third-order valence-electron chi connectivity index (χ3n) is 3.39. The number of benzene rings is 1. The normalized spacial score (nSPS) is 13.6. The Morgan fingerprint density at radius 1 is 1.20 bits per heavy atom. The molecule has 3 rings (SSSR count). The molecule has 6 nitrogen and oxygen atoms in total. The molecule has 0 aliphatic heterocycles. The van der Waals surface area contributed by atoms with Crippen LogP contribution in [0.15, 0.2) is 48.0 Å². The first-order valence-electron chi connectivity index (χ1n) is 7.09. The first-order chi connectivity index (χ1) is 12.0. The van der Waals surface area contributed by atoms with Gasteiger partial charge < -0.3 is 5.11 Å². The fourth-order valence-electron chi connectivity index (χ4n) is 2.23. The highest BCUT2D eigenvalue weighted by atomic mass is 35.5. The number of rotatable bonds is 6. The predicted octanol–water partition coefficient (Wildman–Crippen LogP) is 2.68. The van der Waals surface area contributed by atoms with Crippen LogP contribution in [-0.4, -0.2) is 35.8 Å². The van der Waals surface area contributed by atoms with E-state index in [1.165, 1.54) is 23.4 Å². The van der Waals surface area contributed by atoms with E-state index >= 15 is 0 Å². The molecule has 1 atom stereocenters. The Morgan fingerprint density at radius 3 is 2.68 bits per heavy atom. The van der Waals surface area contributed by atoms with E-state index in [9.17, 15) is 13.9 Å². The number of hydrogen-bond donors (Lipinski definition) is 1. The van der Waals surface area contributed by atoms with Crippen LogP contribution in [0.4, 0.5) is 8.78 Å². The Hall–Kier alpha value is -2.10. The van der Waals surface area contributed by atoms with Gasteiger partial charge >= 0.3 is 0 Å². The van der Waals surface area contributed by atoms with Gasteiger partial charge in [-0.3, -0.25) is 0 Å². The lowest BCUT2D eigenvalue weighted by atomic mass is 9.95. The number of thioether (sulfide) groups is 1. The lowest BCUT2D eigenvalue weighted by molar-refractivity contribution is 0.0360. The van der Waals surface area contributed by atoms with E-state index < -0.39 is 17.2 Å². The lowest BCUT2D eigenvalue weighted by Gasteiger charge is -2.28. The third-order valence-corrected chi connectivity index (χ3v) is 4.73. The van der Waals surface area contributed by atoms with Gasteiger partial charge in [-0.25, -0.2) is 18.4 Å². The number of aliphatic hydroxyl groups is 1. The van der Waals surface area contributed by atoms with Crippen LogP contribution in [0.5, 0.6) is 0 Å². The summed E-state index contributed by atoms with van der Waals surface area (Å²) in [4.78, 5) is 3.81. The summed E-state index contributed by atoms with van der Waals surface area (Å²) in [5, 5.41) is 23.4. The van der Waals surface area contributed by atoms with E-state index in [4.69, 9.17) is 11.6 Å². The van der Waals surface area contributed by atoms with Gasteiger partial charge in [-0.05, 0) is 18.2 Å². The maximum absolute atomic E-state index is 14.3. The summed E-state index contributed by atoms with van der Waals surface area (Å²) in [7, 11) is 0. The highest BCUT2D eigenvalue weighted by Gasteiger charge is 2.34. The molecular formula is C15H12ClF2N5OS. The lowest BCUT2D eigenvalue weighted by Crippen LogP contribution is -2.35. The van der Waals surface area contributed by atoms with Crippen molar-refractivity contribution in [3.05, 3.63) is 65.3 Å². The van der Waals surface area contributed by atoms with Crippen LogP contribution in [-0.2, 0) is 12.1 Å². The molecule has 0 bridgehead atoms. The second-order valence-corrected chi connectivity index (χ2v) is 6.61. The van der Waals surface area contributed by atoms with Crippen LogP contribution in [0, 0.1) is 11.6 Å². The largest absolute Gasteiger partial charge is 0.382 e. The zero-order valence-corrected chi connectivity index (χ0v) is 14.3. The summed E-state index contributed by atoms with van der Waals surface area (Å²) in [6.07, 6.45) is 2.71. The molecule has 0 saturated heterocycles. The van der Waals surface area contributed by atoms with Crippen molar-refractivity contribution in [2.45, 2.75) is 17.2 Å². The van der Waals surface area contributed by atoms with Gasteiger partial charge in [0.05, 0.1) is 6.54 Å². The smallest absolute Gasteiger partial charge is 0.151 e. The van der Waals surface area contributed by atoms with E-state index in [-0.39, 0.29) is 23.0 Å². The van der Waals surface area contributed by atoms with Crippen LogP contribution >= 0.6 is 23.4 Å². The van der Waals surface area contributed by atoms with Crippen molar-refractivity contribution in [3.8, 4) is 0 Å². The van der Waals surface area contributed by atoms with Gasteiger partial charge in [0.15, 0.2) is 5.15 Å². The van der Waals surface area contributed by atoms with Crippen molar-refractivity contribution in [1.29, 1.82) is 0 Å². The van der Waals surface area contributed by atoms with Crippen molar-refractivity contribution in [2.75, 3.05) is 5.75 Å². The minimum absolute atomic E-state index is 0.0335. The van der Waals surface area contributed by atoms with Gasteiger partial charge in [0, 0.05) is 17.4 Å². The van der Waals surface area contributed by atoms with Crippen LogP contribution in [0.2, 0.25) is 5.15 Å². The van der Waals surface area contributed by atoms with Crippen molar-refractivity contribution >= 4 is 23.4 Å². The zero-order chi connectivity index (χ0) is 17.9. The molecule has 10 heteroatoms. The van der Waals surface area contributed by atoms with E-state index in [1.807, 2.05) is 0 Å². The molecule has 25 heavy (non-hydrogen) atoms. The van der Waals surface area contributed by atoms with Crippen molar-refractivity contribution in [1.82, 2.24) is 25.0 Å². The predicted molar refractivity (Wildman–Crippen MR) is 88.0 cm³/mol. The molecular weight excluding hydrogens is 372 g/mol. The highest BCUT2D eigenvalue weighted by Crippen LogP contribution is 2.32. The Labute approximate surface area is 150 Å². The van der Waals surface area contributed by atoms with Gasteiger partial charge in [-0.15, -0.1) is 22.0 Å². The van der Waals surface area contributed by atoms with E-state index in [0.29, 0.717) is 5.03 Å². The Morgan fingerprint density at radius 2 is 2.04 bits per heavy atom. The van der Waals surface area contributed by atoms with E-state index in [0.717, 1.165) is 23.9 Å². The fraction of sp³-hybridized carbons (Fsp3) is 0.200. The van der Waals surface area contributed by atoms with Crippen LogP contribution < -0.4 is 0 Å². The monoisotopic (exact) mass is 383 g/mol. The number of hydrogen-bond acceptors (Lipinski definition) is 6. The molecule has 0 saturated carbocycles.